The molecule has 0 unspecified atom stereocenters. The van der Waals surface area contributed by atoms with Gasteiger partial charge in [0.25, 0.3) is 5.91 Å². The second kappa shape index (κ2) is 7.50. The van der Waals surface area contributed by atoms with Gasteiger partial charge in [0.15, 0.2) is 5.76 Å². The number of carbonyl (C=O) groups excluding carboxylic acids is 1. The first-order chi connectivity index (χ1) is 12.5. The van der Waals surface area contributed by atoms with Crippen molar-refractivity contribution in [2.75, 3.05) is 7.11 Å². The Morgan fingerprint density at radius 3 is 2.62 bits per heavy atom. The highest BCUT2D eigenvalue weighted by atomic mass is 16.5. The Kier molecular flexibility index (Phi) is 5.32. The second-order valence-electron chi connectivity index (χ2n) is 7.03. The molecule has 140 valence electrons. The molecular weight excluding hydrogens is 334 g/mol. The summed E-state index contributed by atoms with van der Waals surface area (Å²) in [4.78, 5) is 24.9. The van der Waals surface area contributed by atoms with Gasteiger partial charge >= 0.3 is 5.97 Å². The van der Waals surface area contributed by atoms with E-state index >= 15 is 0 Å². The lowest BCUT2D eigenvalue weighted by molar-refractivity contribution is -0.146. The second-order valence-corrected chi connectivity index (χ2v) is 7.03. The van der Waals surface area contributed by atoms with Gasteiger partial charge in [0.2, 0.25) is 0 Å². The fourth-order valence-electron chi connectivity index (χ4n) is 3.81. The largest absolute Gasteiger partial charge is 0.480 e. The van der Waals surface area contributed by atoms with E-state index in [2.05, 4.69) is 12.2 Å². The fraction of sp³-hybridized carbons (Fsp3) is 0.500. The highest BCUT2D eigenvalue weighted by Gasteiger charge is 2.43. The van der Waals surface area contributed by atoms with Gasteiger partial charge in [0.1, 0.15) is 11.1 Å². The molecule has 0 atom stereocenters. The van der Waals surface area contributed by atoms with Crippen LogP contribution in [0.2, 0.25) is 0 Å². The quantitative estimate of drug-likeness (QED) is 0.820. The van der Waals surface area contributed by atoms with Crippen molar-refractivity contribution in [3.8, 4) is 0 Å². The van der Waals surface area contributed by atoms with Gasteiger partial charge in [-0.2, -0.15) is 0 Å². The lowest BCUT2D eigenvalue weighted by Crippen LogP contribution is -2.56. The normalized spacial score (nSPS) is 23.1. The van der Waals surface area contributed by atoms with Gasteiger partial charge in [0, 0.05) is 18.1 Å². The van der Waals surface area contributed by atoms with Crippen molar-refractivity contribution in [3.63, 3.8) is 0 Å². The summed E-state index contributed by atoms with van der Waals surface area (Å²) in [6, 6.07) is 7.34. The van der Waals surface area contributed by atoms with Crippen molar-refractivity contribution in [1.82, 2.24) is 5.32 Å². The number of carboxylic acid groups (broad SMARTS) is 1. The molecule has 1 saturated carbocycles. The summed E-state index contributed by atoms with van der Waals surface area (Å²) in [5.41, 5.74) is -0.00125. The van der Waals surface area contributed by atoms with Crippen molar-refractivity contribution in [2.45, 2.75) is 51.2 Å². The number of para-hydroxylation sites is 1. The molecule has 6 nitrogen and oxygen atoms in total. The fourth-order valence-corrected chi connectivity index (χ4v) is 3.81. The third-order valence-corrected chi connectivity index (χ3v) is 5.49. The number of ether oxygens (including phenoxy) is 1. The van der Waals surface area contributed by atoms with Gasteiger partial charge in [-0.3, -0.25) is 4.79 Å². The molecule has 6 heteroatoms. The zero-order chi connectivity index (χ0) is 18.7. The number of carbonyl (C=O) groups is 2. The summed E-state index contributed by atoms with van der Waals surface area (Å²) >= 11 is 0. The number of rotatable bonds is 6. The molecule has 3 rings (SSSR count). The lowest BCUT2D eigenvalue weighted by Gasteiger charge is -2.37. The molecule has 1 heterocycles. The summed E-state index contributed by atoms with van der Waals surface area (Å²) in [6.45, 7) is 2.33. The van der Waals surface area contributed by atoms with E-state index in [1.165, 1.54) is 0 Å². The number of benzene rings is 1. The van der Waals surface area contributed by atoms with E-state index in [9.17, 15) is 14.7 Å². The van der Waals surface area contributed by atoms with E-state index in [4.69, 9.17) is 9.15 Å². The molecular formula is C20H25NO5. The standard InChI is InChI=1S/C20H25NO5/c1-3-13-8-10-20(11-9-13,19(23)24)21-18(22)17-15(12-25-2)14-6-4-5-7-16(14)26-17/h4-7,13H,3,8-12H2,1-2H3,(H,21,22)(H,23,24). The molecule has 0 bridgehead atoms. The molecule has 1 aliphatic rings. The summed E-state index contributed by atoms with van der Waals surface area (Å²) in [6.07, 6.45) is 3.51. The van der Waals surface area contributed by atoms with Gasteiger partial charge in [-0.1, -0.05) is 31.5 Å². The van der Waals surface area contributed by atoms with E-state index in [-0.39, 0.29) is 12.4 Å². The van der Waals surface area contributed by atoms with Crippen molar-refractivity contribution in [3.05, 3.63) is 35.6 Å². The van der Waals surface area contributed by atoms with Crippen LogP contribution in [0.5, 0.6) is 0 Å². The number of amides is 1. The molecule has 0 saturated heterocycles. The van der Waals surface area contributed by atoms with Crippen molar-refractivity contribution >= 4 is 22.8 Å². The Hall–Kier alpha value is -2.34. The Labute approximate surface area is 152 Å². The first-order valence-electron chi connectivity index (χ1n) is 9.06. The minimum Gasteiger partial charge on any atom is -0.480 e. The van der Waals surface area contributed by atoms with Crippen LogP contribution in [0.25, 0.3) is 11.0 Å². The predicted octanol–water partition coefficient (Wildman–Crippen LogP) is 3.73. The van der Waals surface area contributed by atoms with E-state index in [1.807, 2.05) is 18.2 Å². The Morgan fingerprint density at radius 2 is 2.00 bits per heavy atom. The maximum atomic E-state index is 12.9. The minimum atomic E-state index is -1.23. The third kappa shape index (κ3) is 3.33. The summed E-state index contributed by atoms with van der Waals surface area (Å²) in [7, 11) is 1.55. The van der Waals surface area contributed by atoms with Crippen LogP contribution in [0.3, 0.4) is 0 Å². The van der Waals surface area contributed by atoms with Gasteiger partial charge in [0.05, 0.1) is 6.61 Å². The molecule has 2 N–H and O–H groups in total. The Morgan fingerprint density at radius 1 is 1.31 bits per heavy atom. The first-order valence-corrected chi connectivity index (χ1v) is 9.06. The maximum Gasteiger partial charge on any atom is 0.329 e. The van der Waals surface area contributed by atoms with Gasteiger partial charge in [-0.25, -0.2) is 4.79 Å². The molecule has 2 aromatic rings. The number of hydrogen-bond acceptors (Lipinski definition) is 4. The zero-order valence-corrected chi connectivity index (χ0v) is 15.2. The molecule has 26 heavy (non-hydrogen) atoms. The van der Waals surface area contributed by atoms with Crippen molar-refractivity contribution < 1.29 is 23.8 Å². The van der Waals surface area contributed by atoms with E-state index in [0.29, 0.717) is 29.9 Å². The molecule has 1 aromatic heterocycles. The Bertz CT molecular complexity index is 802. The SMILES string of the molecule is CCC1CCC(NC(=O)c2oc3ccccc3c2COC)(C(=O)O)CC1. The van der Waals surface area contributed by atoms with Crippen LogP contribution in [0, 0.1) is 5.92 Å². The van der Waals surface area contributed by atoms with E-state index in [0.717, 1.165) is 24.6 Å². The minimum absolute atomic E-state index is 0.131. The summed E-state index contributed by atoms with van der Waals surface area (Å²) in [5, 5.41) is 13.4. The number of furan rings is 1. The molecule has 1 aliphatic carbocycles. The third-order valence-electron chi connectivity index (χ3n) is 5.49. The smallest absolute Gasteiger partial charge is 0.329 e. The highest BCUT2D eigenvalue weighted by molar-refractivity contribution is 6.01. The topological polar surface area (TPSA) is 88.8 Å². The van der Waals surface area contributed by atoms with Crippen molar-refractivity contribution in [2.24, 2.45) is 5.92 Å². The number of hydrogen-bond donors (Lipinski definition) is 2. The maximum absolute atomic E-state index is 12.9. The zero-order valence-electron chi connectivity index (χ0n) is 15.2. The van der Waals surface area contributed by atoms with Crippen LogP contribution in [0.4, 0.5) is 0 Å². The molecule has 1 aromatic carbocycles. The van der Waals surface area contributed by atoms with Crippen LogP contribution in [-0.4, -0.2) is 29.6 Å². The van der Waals surface area contributed by atoms with Crippen LogP contribution in [0.15, 0.2) is 28.7 Å². The van der Waals surface area contributed by atoms with E-state index in [1.54, 1.807) is 13.2 Å². The number of aliphatic carboxylic acids is 1. The Balaban J connectivity index is 1.90. The van der Waals surface area contributed by atoms with Crippen LogP contribution in [0.1, 0.15) is 55.1 Å². The van der Waals surface area contributed by atoms with Gasteiger partial charge in [-0.15, -0.1) is 0 Å². The molecule has 0 aliphatic heterocycles. The predicted molar refractivity (Wildman–Crippen MR) is 97.0 cm³/mol. The first kappa shape index (κ1) is 18.5. The van der Waals surface area contributed by atoms with E-state index < -0.39 is 17.4 Å². The van der Waals surface area contributed by atoms with Crippen molar-refractivity contribution in [1.29, 1.82) is 0 Å². The number of nitrogens with one attached hydrogen (secondary N) is 1. The van der Waals surface area contributed by atoms with Gasteiger partial charge in [-0.05, 0) is 37.7 Å². The lowest BCUT2D eigenvalue weighted by atomic mass is 9.75. The molecule has 1 amide bonds. The van der Waals surface area contributed by atoms with Gasteiger partial charge < -0.3 is 19.6 Å². The number of methoxy groups -OCH3 is 1. The average molecular weight is 359 g/mol. The number of carboxylic acids is 1. The monoisotopic (exact) mass is 359 g/mol. The average Bonchev–Trinajstić information content (AvgIpc) is 3.01. The van der Waals surface area contributed by atoms with Crippen LogP contribution < -0.4 is 5.32 Å². The van der Waals surface area contributed by atoms with Crippen LogP contribution in [-0.2, 0) is 16.1 Å². The number of fused-ring (bicyclic) bond motifs is 1. The highest BCUT2D eigenvalue weighted by Crippen LogP contribution is 2.35. The molecule has 0 spiro atoms. The summed E-state index contributed by atoms with van der Waals surface area (Å²) < 4.78 is 11.0. The summed E-state index contributed by atoms with van der Waals surface area (Å²) in [5.74, 6) is -0.823. The molecule has 0 radical (unpaired) electrons. The van der Waals surface area contributed by atoms with Crippen LogP contribution >= 0.6 is 0 Å². The molecule has 1 fully saturated rings.